The van der Waals surface area contributed by atoms with Crippen LogP contribution in [0.15, 0.2) is 30.5 Å². The minimum absolute atomic E-state index is 0. The Morgan fingerprint density at radius 2 is 2.00 bits per heavy atom. The Balaban J connectivity index is 0.00000205. The van der Waals surface area contributed by atoms with Gasteiger partial charge in [0.1, 0.15) is 18.9 Å². The van der Waals surface area contributed by atoms with Gasteiger partial charge in [-0.1, -0.05) is 6.07 Å². The van der Waals surface area contributed by atoms with Gasteiger partial charge in [-0.2, -0.15) is 5.10 Å². The van der Waals surface area contributed by atoms with E-state index in [1.807, 2.05) is 35.1 Å². The zero-order valence-electron chi connectivity index (χ0n) is 16.3. The number of rotatable bonds is 5. The smallest absolute Gasteiger partial charge is 0.272 e. The predicted molar refractivity (Wildman–Crippen MR) is 111 cm³/mol. The Morgan fingerprint density at radius 1 is 1.17 bits per heavy atom. The van der Waals surface area contributed by atoms with Crippen LogP contribution in [0.3, 0.4) is 0 Å². The molecule has 1 aromatic carbocycles. The summed E-state index contributed by atoms with van der Waals surface area (Å²) in [6.45, 7) is 3.10. The Bertz CT molecular complexity index is 861. The lowest BCUT2D eigenvalue weighted by atomic mass is 10.0. The fraction of sp³-hybridized carbons (Fsp3) is 0.524. The predicted octanol–water partition coefficient (Wildman–Crippen LogP) is 2.88. The first-order valence-electron chi connectivity index (χ1n) is 10.2. The zero-order valence-corrected chi connectivity index (χ0v) is 17.1. The number of piperidine rings is 1. The molecule has 2 atom stereocenters. The molecule has 0 bridgehead atoms. The molecule has 1 aliphatic carbocycles. The summed E-state index contributed by atoms with van der Waals surface area (Å²) in [6, 6.07) is 8.10. The summed E-state index contributed by atoms with van der Waals surface area (Å²) in [4.78, 5) is 12.9. The number of amides is 1. The zero-order chi connectivity index (χ0) is 18.9. The Kier molecular flexibility index (Phi) is 5.96. The van der Waals surface area contributed by atoms with Crippen molar-refractivity contribution < 1.29 is 14.3 Å². The molecule has 2 aliphatic heterocycles. The number of benzene rings is 1. The maximum atomic E-state index is 12.9. The average Bonchev–Trinajstić information content (AvgIpc) is 3.47. The summed E-state index contributed by atoms with van der Waals surface area (Å²) in [5.41, 5.74) is 1.55. The van der Waals surface area contributed by atoms with Crippen molar-refractivity contribution in [2.45, 2.75) is 37.8 Å². The summed E-state index contributed by atoms with van der Waals surface area (Å²) in [5, 5.41) is 11.1. The molecule has 2 N–H and O–H groups in total. The maximum absolute atomic E-state index is 12.9. The van der Waals surface area contributed by atoms with E-state index >= 15 is 0 Å². The van der Waals surface area contributed by atoms with E-state index in [1.54, 1.807) is 0 Å². The van der Waals surface area contributed by atoms with Crippen molar-refractivity contribution in [1.29, 1.82) is 0 Å². The highest BCUT2D eigenvalue weighted by Gasteiger charge is 2.34. The van der Waals surface area contributed by atoms with E-state index < -0.39 is 0 Å². The largest absolute Gasteiger partial charge is 0.486 e. The molecule has 1 aromatic heterocycles. The highest BCUT2D eigenvalue weighted by atomic mass is 35.5. The summed E-state index contributed by atoms with van der Waals surface area (Å²) < 4.78 is 13.3. The molecule has 1 saturated heterocycles. The van der Waals surface area contributed by atoms with E-state index in [1.165, 1.54) is 0 Å². The van der Waals surface area contributed by atoms with Gasteiger partial charge in [-0.05, 0) is 61.9 Å². The monoisotopic (exact) mass is 418 g/mol. The van der Waals surface area contributed by atoms with E-state index in [9.17, 15) is 4.79 Å². The Hall–Kier alpha value is -2.25. The average molecular weight is 419 g/mol. The molecule has 2 aromatic rings. The molecule has 3 heterocycles. The van der Waals surface area contributed by atoms with Crippen molar-refractivity contribution in [1.82, 2.24) is 20.4 Å². The number of halogens is 1. The number of ether oxygens (including phenoxy) is 2. The van der Waals surface area contributed by atoms with E-state index in [0.717, 1.165) is 55.8 Å². The van der Waals surface area contributed by atoms with Crippen LogP contribution in [0.1, 0.15) is 53.8 Å². The molecule has 1 amide bonds. The third kappa shape index (κ3) is 4.36. The molecular formula is C21H27ClN4O3. The standard InChI is InChI=1S/C21H26N4O3.ClH/c26-21(17-7-9-25(24-17)16-2-1-8-22-13-16)23-20(14-3-4-14)15-5-6-18-19(12-15)28-11-10-27-18;/h5-7,9,12,14,16,20,22H,1-4,8,10-11,13H2,(H,23,26);1H. The second-order valence-corrected chi connectivity index (χ2v) is 7.87. The van der Waals surface area contributed by atoms with Gasteiger partial charge in [0.15, 0.2) is 11.5 Å². The van der Waals surface area contributed by atoms with Crippen LogP contribution in [0.5, 0.6) is 11.5 Å². The SMILES string of the molecule is Cl.O=C(NC(c1ccc2c(c1)OCCO2)C1CC1)c1ccn(C2CCCNC2)n1. The Morgan fingerprint density at radius 3 is 2.76 bits per heavy atom. The van der Waals surface area contributed by atoms with Crippen molar-refractivity contribution in [3.63, 3.8) is 0 Å². The van der Waals surface area contributed by atoms with Gasteiger partial charge in [-0.15, -0.1) is 12.4 Å². The van der Waals surface area contributed by atoms with E-state index in [-0.39, 0.29) is 24.4 Å². The first kappa shape index (κ1) is 20.0. The number of aromatic nitrogens is 2. The van der Waals surface area contributed by atoms with E-state index in [2.05, 4.69) is 15.7 Å². The van der Waals surface area contributed by atoms with Crippen molar-refractivity contribution in [2.24, 2.45) is 5.92 Å². The highest BCUT2D eigenvalue weighted by molar-refractivity contribution is 5.92. The number of hydrogen-bond donors (Lipinski definition) is 2. The topological polar surface area (TPSA) is 77.4 Å². The number of nitrogens with one attached hydrogen (secondary N) is 2. The molecule has 2 unspecified atom stereocenters. The minimum Gasteiger partial charge on any atom is -0.486 e. The summed E-state index contributed by atoms with van der Waals surface area (Å²) >= 11 is 0. The van der Waals surface area contributed by atoms with Gasteiger partial charge < -0.3 is 20.1 Å². The van der Waals surface area contributed by atoms with Crippen molar-refractivity contribution in [3.8, 4) is 11.5 Å². The number of nitrogens with zero attached hydrogens (tertiary/aromatic N) is 2. The molecule has 156 valence electrons. The van der Waals surface area contributed by atoms with E-state index in [0.29, 0.717) is 30.9 Å². The van der Waals surface area contributed by atoms with Crippen molar-refractivity contribution >= 4 is 18.3 Å². The quantitative estimate of drug-likeness (QED) is 0.780. The number of carbonyl (C=O) groups is 1. The van der Waals surface area contributed by atoms with Crippen molar-refractivity contribution in [3.05, 3.63) is 41.7 Å². The van der Waals surface area contributed by atoms with Crippen LogP contribution in [0.2, 0.25) is 0 Å². The maximum Gasteiger partial charge on any atom is 0.272 e. The molecule has 2 fully saturated rings. The fourth-order valence-corrected chi connectivity index (χ4v) is 4.09. The number of fused-ring (bicyclic) bond motifs is 1. The second kappa shape index (κ2) is 8.63. The van der Waals surface area contributed by atoms with Crippen LogP contribution < -0.4 is 20.1 Å². The van der Waals surface area contributed by atoms with Crippen molar-refractivity contribution in [2.75, 3.05) is 26.3 Å². The third-order valence-electron chi connectivity index (χ3n) is 5.79. The Labute approximate surface area is 176 Å². The van der Waals surface area contributed by atoms with E-state index in [4.69, 9.17) is 9.47 Å². The first-order valence-corrected chi connectivity index (χ1v) is 10.2. The highest BCUT2D eigenvalue weighted by Crippen LogP contribution is 2.43. The van der Waals surface area contributed by atoms with Gasteiger partial charge in [0.25, 0.3) is 5.91 Å². The lowest BCUT2D eigenvalue weighted by Gasteiger charge is -2.23. The molecule has 1 saturated carbocycles. The lowest BCUT2D eigenvalue weighted by Crippen LogP contribution is -2.33. The molecule has 7 nitrogen and oxygen atoms in total. The van der Waals surface area contributed by atoms with Crippen LogP contribution in [-0.4, -0.2) is 42.0 Å². The van der Waals surface area contributed by atoms with Crippen LogP contribution in [0.4, 0.5) is 0 Å². The van der Waals surface area contributed by atoms with Gasteiger partial charge in [0, 0.05) is 12.7 Å². The van der Waals surface area contributed by atoms with Gasteiger partial charge in [0.2, 0.25) is 0 Å². The van der Waals surface area contributed by atoms with Crippen LogP contribution in [-0.2, 0) is 0 Å². The fourth-order valence-electron chi connectivity index (χ4n) is 4.09. The minimum atomic E-state index is -0.116. The summed E-state index contributed by atoms with van der Waals surface area (Å²) in [5.74, 6) is 1.89. The van der Waals surface area contributed by atoms with Crippen LogP contribution in [0, 0.1) is 5.92 Å². The third-order valence-corrected chi connectivity index (χ3v) is 5.79. The molecule has 0 spiro atoms. The lowest BCUT2D eigenvalue weighted by molar-refractivity contribution is 0.0925. The van der Waals surface area contributed by atoms with Crippen LogP contribution in [0.25, 0.3) is 0 Å². The molecule has 3 aliphatic rings. The van der Waals surface area contributed by atoms with Gasteiger partial charge in [0.05, 0.1) is 12.1 Å². The second-order valence-electron chi connectivity index (χ2n) is 7.87. The normalized spacial score (nSPS) is 21.7. The number of hydrogen-bond acceptors (Lipinski definition) is 5. The molecular weight excluding hydrogens is 392 g/mol. The van der Waals surface area contributed by atoms with Crippen LogP contribution >= 0.6 is 12.4 Å². The summed E-state index contributed by atoms with van der Waals surface area (Å²) in [7, 11) is 0. The molecule has 0 radical (unpaired) electrons. The van der Waals surface area contributed by atoms with Gasteiger partial charge in [-0.25, -0.2) is 0 Å². The molecule has 29 heavy (non-hydrogen) atoms. The number of carbonyl (C=O) groups excluding carboxylic acids is 1. The summed E-state index contributed by atoms with van der Waals surface area (Å²) in [6.07, 6.45) is 6.41. The first-order chi connectivity index (χ1) is 13.8. The molecule has 8 heteroatoms. The van der Waals surface area contributed by atoms with Gasteiger partial charge >= 0.3 is 0 Å². The van der Waals surface area contributed by atoms with Gasteiger partial charge in [-0.3, -0.25) is 9.48 Å². The molecule has 5 rings (SSSR count).